The van der Waals surface area contributed by atoms with Crippen LogP contribution in [0.2, 0.25) is 0 Å². The molecule has 1 amide bonds. The van der Waals surface area contributed by atoms with Gasteiger partial charge in [-0.25, -0.2) is 0 Å². The number of carboxylic acid groups (broad SMARTS) is 1. The standard InChI is InChI=1S/C27H46N2O8/c1-6-9-21-20-22(26(31)32)28-24(21)25(27(4,33-5)11-7-2)29-23(30)10-13-35-15-17-37-19-18-36-16-14-34-12-8-3/h3,6,9,21-22,24-25,28H,7,10-20H2,1-2,4-5H3,(H,29,30)(H,31,32)/b9-6-/t21-,22-,24-,25-,27?/m1/s1. The van der Waals surface area contributed by atoms with Crippen LogP contribution >= 0.6 is 0 Å². The summed E-state index contributed by atoms with van der Waals surface area (Å²) in [5.41, 5.74) is -0.667. The van der Waals surface area contributed by atoms with Crippen LogP contribution in [0.1, 0.15) is 46.5 Å². The fourth-order valence-electron chi connectivity index (χ4n) is 4.51. The smallest absolute Gasteiger partial charge is 0.320 e. The van der Waals surface area contributed by atoms with Crippen molar-refractivity contribution in [1.29, 1.82) is 0 Å². The number of amides is 1. The van der Waals surface area contributed by atoms with E-state index < -0.39 is 23.7 Å². The number of nitrogens with one attached hydrogen (secondary N) is 2. The van der Waals surface area contributed by atoms with Gasteiger partial charge in [-0.05, 0) is 32.6 Å². The molecule has 212 valence electrons. The van der Waals surface area contributed by atoms with Crippen LogP contribution in [-0.2, 0) is 33.3 Å². The summed E-state index contributed by atoms with van der Waals surface area (Å²) in [6.07, 6.45) is 11.2. The van der Waals surface area contributed by atoms with Gasteiger partial charge in [0.05, 0.1) is 57.9 Å². The normalized spacial score (nSPS) is 22.0. The molecular formula is C27H46N2O8. The molecular weight excluding hydrogens is 480 g/mol. The van der Waals surface area contributed by atoms with Crippen molar-refractivity contribution in [2.45, 2.75) is 70.2 Å². The zero-order valence-electron chi connectivity index (χ0n) is 22.8. The maximum atomic E-state index is 12.9. The molecule has 1 aliphatic rings. The Morgan fingerprint density at radius 3 is 2.24 bits per heavy atom. The Morgan fingerprint density at radius 2 is 1.73 bits per heavy atom. The van der Waals surface area contributed by atoms with Crippen LogP contribution in [-0.4, -0.2) is 101 Å². The zero-order chi connectivity index (χ0) is 27.5. The van der Waals surface area contributed by atoms with Crippen molar-refractivity contribution in [3.8, 4) is 12.3 Å². The minimum absolute atomic E-state index is 0.0458. The number of terminal acetylenes is 1. The van der Waals surface area contributed by atoms with Gasteiger partial charge < -0.3 is 34.1 Å². The number of rotatable bonds is 21. The average molecular weight is 527 g/mol. The second kappa shape index (κ2) is 19.1. The van der Waals surface area contributed by atoms with Crippen LogP contribution < -0.4 is 10.6 Å². The molecule has 37 heavy (non-hydrogen) atoms. The highest BCUT2D eigenvalue weighted by Crippen LogP contribution is 2.32. The SMILES string of the molecule is C#CCOCCOCCOCCOCCC(=O)N[C@H]([C@@H]1N[C@@H](C(=O)O)C[C@H]1/C=C\C)C(C)(CCC)OC. The second-order valence-electron chi connectivity index (χ2n) is 9.16. The van der Waals surface area contributed by atoms with Crippen LogP contribution in [0.3, 0.4) is 0 Å². The Kier molecular flexibility index (Phi) is 17.1. The quantitative estimate of drug-likeness (QED) is 0.117. The van der Waals surface area contributed by atoms with E-state index in [4.69, 9.17) is 30.1 Å². The summed E-state index contributed by atoms with van der Waals surface area (Å²) in [5, 5.41) is 15.9. The molecule has 0 radical (unpaired) electrons. The summed E-state index contributed by atoms with van der Waals surface area (Å²) in [4.78, 5) is 24.6. The Labute approximate surface area is 221 Å². The summed E-state index contributed by atoms with van der Waals surface area (Å²) in [6, 6.07) is -1.38. The Balaban J connectivity index is 2.50. The Hall–Kier alpha value is -2.00. The number of carboxylic acids is 1. The Morgan fingerprint density at radius 1 is 1.14 bits per heavy atom. The Bertz CT molecular complexity index is 726. The van der Waals surface area contributed by atoms with Crippen LogP contribution in [0, 0.1) is 18.3 Å². The summed E-state index contributed by atoms with van der Waals surface area (Å²) >= 11 is 0. The fraction of sp³-hybridized carbons (Fsp3) is 0.778. The highest BCUT2D eigenvalue weighted by molar-refractivity contribution is 5.77. The van der Waals surface area contributed by atoms with E-state index in [0.29, 0.717) is 52.5 Å². The van der Waals surface area contributed by atoms with Gasteiger partial charge in [-0.2, -0.15) is 0 Å². The zero-order valence-corrected chi connectivity index (χ0v) is 22.8. The van der Waals surface area contributed by atoms with Crippen LogP contribution in [0.15, 0.2) is 12.2 Å². The van der Waals surface area contributed by atoms with Crippen molar-refractivity contribution < 1.29 is 38.4 Å². The molecule has 1 fully saturated rings. The number of methoxy groups -OCH3 is 1. The third-order valence-corrected chi connectivity index (χ3v) is 6.42. The highest BCUT2D eigenvalue weighted by atomic mass is 16.6. The van der Waals surface area contributed by atoms with Gasteiger partial charge in [-0.15, -0.1) is 6.42 Å². The van der Waals surface area contributed by atoms with E-state index in [1.54, 1.807) is 7.11 Å². The van der Waals surface area contributed by atoms with E-state index in [-0.39, 0.29) is 37.5 Å². The van der Waals surface area contributed by atoms with E-state index in [9.17, 15) is 14.7 Å². The van der Waals surface area contributed by atoms with Crippen molar-refractivity contribution in [3.05, 3.63) is 12.2 Å². The first-order valence-corrected chi connectivity index (χ1v) is 13.0. The predicted molar refractivity (Wildman–Crippen MR) is 140 cm³/mol. The first kappa shape index (κ1) is 33.0. The summed E-state index contributed by atoms with van der Waals surface area (Å²) in [5.74, 6) is 1.27. The maximum Gasteiger partial charge on any atom is 0.320 e. The molecule has 1 rings (SSSR count). The first-order chi connectivity index (χ1) is 17.8. The number of ether oxygens (including phenoxy) is 5. The largest absolute Gasteiger partial charge is 0.480 e. The molecule has 0 spiro atoms. The van der Waals surface area contributed by atoms with Gasteiger partial charge in [0.1, 0.15) is 12.6 Å². The highest BCUT2D eigenvalue weighted by Gasteiger charge is 2.47. The number of hydrogen-bond donors (Lipinski definition) is 3. The van der Waals surface area contributed by atoms with E-state index >= 15 is 0 Å². The molecule has 0 aromatic rings. The molecule has 10 nitrogen and oxygen atoms in total. The maximum absolute atomic E-state index is 12.9. The summed E-state index contributed by atoms with van der Waals surface area (Å²) in [6.45, 7) is 9.01. The molecule has 0 bridgehead atoms. The molecule has 0 aromatic carbocycles. The first-order valence-electron chi connectivity index (χ1n) is 13.0. The minimum Gasteiger partial charge on any atom is -0.480 e. The van der Waals surface area contributed by atoms with Gasteiger partial charge in [0.2, 0.25) is 5.91 Å². The van der Waals surface area contributed by atoms with Gasteiger partial charge in [-0.3, -0.25) is 14.9 Å². The van der Waals surface area contributed by atoms with Crippen molar-refractivity contribution in [2.24, 2.45) is 5.92 Å². The molecule has 1 aliphatic heterocycles. The summed E-state index contributed by atoms with van der Waals surface area (Å²) < 4.78 is 27.3. The third kappa shape index (κ3) is 12.4. The number of carbonyl (C=O) groups excluding carboxylic acids is 1. The molecule has 1 heterocycles. The van der Waals surface area contributed by atoms with Gasteiger partial charge in [-0.1, -0.05) is 31.4 Å². The molecule has 5 atom stereocenters. The lowest BCUT2D eigenvalue weighted by Crippen LogP contribution is -2.62. The molecule has 0 aliphatic carbocycles. The van der Waals surface area contributed by atoms with E-state index in [1.807, 2.05) is 26.0 Å². The topological polar surface area (TPSA) is 125 Å². The average Bonchev–Trinajstić information content (AvgIpc) is 3.29. The number of hydrogen-bond acceptors (Lipinski definition) is 8. The summed E-state index contributed by atoms with van der Waals surface area (Å²) in [7, 11) is 1.63. The van der Waals surface area contributed by atoms with Gasteiger partial charge in [0.15, 0.2) is 0 Å². The number of aliphatic carboxylic acids is 1. The molecule has 1 saturated heterocycles. The van der Waals surface area contributed by atoms with Crippen LogP contribution in [0.25, 0.3) is 0 Å². The third-order valence-electron chi connectivity index (χ3n) is 6.42. The van der Waals surface area contributed by atoms with Gasteiger partial charge in [0.25, 0.3) is 0 Å². The molecule has 0 aromatic heterocycles. The number of allylic oxidation sites excluding steroid dienone is 1. The van der Waals surface area contributed by atoms with E-state index in [0.717, 1.165) is 6.42 Å². The van der Waals surface area contributed by atoms with Gasteiger partial charge >= 0.3 is 5.97 Å². The molecule has 3 N–H and O–H groups in total. The van der Waals surface area contributed by atoms with Crippen molar-refractivity contribution in [1.82, 2.24) is 10.6 Å². The van der Waals surface area contributed by atoms with Crippen LogP contribution in [0.4, 0.5) is 0 Å². The van der Waals surface area contributed by atoms with Crippen molar-refractivity contribution in [3.63, 3.8) is 0 Å². The second-order valence-corrected chi connectivity index (χ2v) is 9.16. The van der Waals surface area contributed by atoms with Crippen LogP contribution in [0.5, 0.6) is 0 Å². The minimum atomic E-state index is -0.895. The lowest BCUT2D eigenvalue weighted by atomic mass is 9.81. The lowest BCUT2D eigenvalue weighted by molar-refractivity contribution is -0.139. The lowest BCUT2D eigenvalue weighted by Gasteiger charge is -2.42. The van der Waals surface area contributed by atoms with Crippen molar-refractivity contribution >= 4 is 11.9 Å². The van der Waals surface area contributed by atoms with Gasteiger partial charge in [0, 0.05) is 19.6 Å². The molecule has 10 heteroatoms. The molecule has 0 saturated carbocycles. The monoisotopic (exact) mass is 526 g/mol. The van der Waals surface area contributed by atoms with Crippen molar-refractivity contribution in [2.75, 3.05) is 60.0 Å². The number of carbonyl (C=O) groups is 2. The fourth-order valence-corrected chi connectivity index (χ4v) is 4.51. The van der Waals surface area contributed by atoms with E-state index in [2.05, 4.69) is 23.5 Å². The van der Waals surface area contributed by atoms with E-state index in [1.165, 1.54) is 0 Å². The molecule has 1 unspecified atom stereocenters. The predicted octanol–water partition coefficient (Wildman–Crippen LogP) is 1.77.